The fourth-order valence-electron chi connectivity index (χ4n) is 4.92. The van der Waals surface area contributed by atoms with Crippen LogP contribution in [0.1, 0.15) is 43.7 Å². The standard InChI is InChI=1S/C23H36N4O.HI/c1-19-6-10-26(11-7-19)16-21-5-3-4-20(14-21)15-25-22(24-2)27-12-8-23(17-27)9-13-28-18-23;/h3-5,14,19H,6-13,15-18H2,1-2H3,(H,24,25);1H. The second-order valence-corrected chi connectivity index (χ2v) is 9.15. The highest BCUT2D eigenvalue weighted by atomic mass is 127. The van der Waals surface area contributed by atoms with Gasteiger partial charge in [0.05, 0.1) is 6.61 Å². The van der Waals surface area contributed by atoms with Crippen LogP contribution in [0.4, 0.5) is 0 Å². The highest BCUT2D eigenvalue weighted by Crippen LogP contribution is 2.38. The number of nitrogens with one attached hydrogen (secondary N) is 1. The molecule has 1 unspecified atom stereocenters. The molecule has 162 valence electrons. The van der Waals surface area contributed by atoms with Crippen molar-refractivity contribution in [3.63, 3.8) is 0 Å². The first-order chi connectivity index (χ1) is 13.7. The van der Waals surface area contributed by atoms with Gasteiger partial charge >= 0.3 is 0 Å². The zero-order valence-corrected chi connectivity index (χ0v) is 20.4. The van der Waals surface area contributed by atoms with Crippen molar-refractivity contribution in [1.29, 1.82) is 0 Å². The maximum absolute atomic E-state index is 5.66. The smallest absolute Gasteiger partial charge is 0.193 e. The summed E-state index contributed by atoms with van der Waals surface area (Å²) in [5.74, 6) is 1.92. The van der Waals surface area contributed by atoms with Gasteiger partial charge in [-0.1, -0.05) is 31.2 Å². The van der Waals surface area contributed by atoms with E-state index < -0.39 is 0 Å². The predicted molar refractivity (Wildman–Crippen MR) is 130 cm³/mol. The lowest BCUT2D eigenvalue weighted by Crippen LogP contribution is -2.41. The Balaban J connectivity index is 0.00000240. The van der Waals surface area contributed by atoms with E-state index in [1.807, 2.05) is 7.05 Å². The number of likely N-dealkylation sites (tertiary alicyclic amines) is 2. The van der Waals surface area contributed by atoms with Gasteiger partial charge in [0.25, 0.3) is 0 Å². The van der Waals surface area contributed by atoms with Gasteiger partial charge in [-0.25, -0.2) is 0 Å². The summed E-state index contributed by atoms with van der Waals surface area (Å²) in [4.78, 5) is 9.55. The number of nitrogens with zero attached hydrogens (tertiary/aromatic N) is 3. The average molecular weight is 512 g/mol. The molecule has 0 aromatic heterocycles. The number of halogens is 1. The molecule has 3 aliphatic rings. The summed E-state index contributed by atoms with van der Waals surface area (Å²) in [6.07, 6.45) is 5.08. The molecule has 0 amide bonds. The van der Waals surface area contributed by atoms with Crippen LogP contribution in [0.2, 0.25) is 0 Å². The SMILES string of the molecule is CN=C(NCc1cccc(CN2CCC(C)CC2)c1)N1CCC2(CCOC2)C1.I. The van der Waals surface area contributed by atoms with Gasteiger partial charge in [0.15, 0.2) is 5.96 Å². The number of hydrogen-bond acceptors (Lipinski definition) is 3. The lowest BCUT2D eigenvalue weighted by atomic mass is 9.87. The molecule has 3 saturated heterocycles. The Labute approximate surface area is 193 Å². The van der Waals surface area contributed by atoms with E-state index in [1.165, 1.54) is 49.9 Å². The molecule has 4 rings (SSSR count). The molecule has 0 aliphatic carbocycles. The molecule has 5 nitrogen and oxygen atoms in total. The Morgan fingerprint density at radius 1 is 1.21 bits per heavy atom. The predicted octanol–water partition coefficient (Wildman–Crippen LogP) is 3.72. The molecule has 3 fully saturated rings. The van der Waals surface area contributed by atoms with Crippen molar-refractivity contribution in [3.8, 4) is 0 Å². The molecule has 3 aliphatic heterocycles. The molecule has 29 heavy (non-hydrogen) atoms. The molecular weight excluding hydrogens is 475 g/mol. The average Bonchev–Trinajstić information content (AvgIpc) is 3.35. The third kappa shape index (κ3) is 5.85. The van der Waals surface area contributed by atoms with Crippen molar-refractivity contribution in [2.24, 2.45) is 16.3 Å². The second-order valence-electron chi connectivity index (χ2n) is 9.15. The van der Waals surface area contributed by atoms with Crippen LogP contribution in [0, 0.1) is 11.3 Å². The maximum atomic E-state index is 5.66. The molecule has 0 saturated carbocycles. The van der Waals surface area contributed by atoms with E-state index in [0.29, 0.717) is 5.41 Å². The normalized spacial score (nSPS) is 26.1. The monoisotopic (exact) mass is 512 g/mol. The largest absolute Gasteiger partial charge is 0.381 e. The van der Waals surface area contributed by atoms with Gasteiger partial charge in [-0.2, -0.15) is 0 Å². The summed E-state index contributed by atoms with van der Waals surface area (Å²) in [5, 5.41) is 3.59. The maximum Gasteiger partial charge on any atom is 0.193 e. The number of aliphatic imine (C=N–C) groups is 1. The van der Waals surface area contributed by atoms with Crippen molar-refractivity contribution in [2.45, 2.75) is 45.7 Å². The van der Waals surface area contributed by atoms with Crippen LogP contribution in [0.3, 0.4) is 0 Å². The van der Waals surface area contributed by atoms with E-state index in [4.69, 9.17) is 4.74 Å². The zero-order chi connectivity index (χ0) is 19.4. The third-order valence-electron chi connectivity index (χ3n) is 6.86. The third-order valence-corrected chi connectivity index (χ3v) is 6.86. The molecule has 1 atom stereocenters. The molecule has 1 N–H and O–H groups in total. The zero-order valence-electron chi connectivity index (χ0n) is 18.0. The summed E-state index contributed by atoms with van der Waals surface area (Å²) >= 11 is 0. The Bertz CT molecular complexity index is 681. The van der Waals surface area contributed by atoms with Crippen molar-refractivity contribution in [1.82, 2.24) is 15.1 Å². The summed E-state index contributed by atoms with van der Waals surface area (Å²) in [7, 11) is 1.90. The van der Waals surface area contributed by atoms with Gasteiger partial charge in [-0.3, -0.25) is 9.89 Å². The summed E-state index contributed by atoms with van der Waals surface area (Å²) in [5.41, 5.74) is 3.12. The minimum Gasteiger partial charge on any atom is -0.381 e. The Morgan fingerprint density at radius 3 is 2.72 bits per heavy atom. The molecule has 6 heteroatoms. The van der Waals surface area contributed by atoms with Crippen LogP contribution in [-0.2, 0) is 17.8 Å². The topological polar surface area (TPSA) is 40.1 Å². The first-order valence-electron chi connectivity index (χ1n) is 11.0. The van der Waals surface area contributed by atoms with Crippen molar-refractivity contribution >= 4 is 29.9 Å². The summed E-state index contributed by atoms with van der Waals surface area (Å²) in [6.45, 7) is 10.7. The molecule has 1 spiro atoms. The van der Waals surface area contributed by atoms with Gasteiger partial charge in [-0.15, -0.1) is 24.0 Å². The lowest BCUT2D eigenvalue weighted by Gasteiger charge is -2.30. The highest BCUT2D eigenvalue weighted by Gasteiger charge is 2.42. The van der Waals surface area contributed by atoms with E-state index in [-0.39, 0.29) is 24.0 Å². The van der Waals surface area contributed by atoms with E-state index in [0.717, 1.165) is 51.3 Å². The lowest BCUT2D eigenvalue weighted by molar-refractivity contribution is 0.156. The van der Waals surface area contributed by atoms with E-state index in [1.54, 1.807) is 0 Å². The number of hydrogen-bond donors (Lipinski definition) is 1. The van der Waals surface area contributed by atoms with Crippen molar-refractivity contribution in [2.75, 3.05) is 46.4 Å². The number of piperidine rings is 1. The fourth-order valence-corrected chi connectivity index (χ4v) is 4.92. The minimum atomic E-state index is 0. The quantitative estimate of drug-likeness (QED) is 0.380. The molecule has 0 bridgehead atoms. The van der Waals surface area contributed by atoms with Gasteiger partial charge < -0.3 is 15.0 Å². The number of ether oxygens (including phenoxy) is 1. The first kappa shape index (κ1) is 22.8. The molecule has 1 aromatic carbocycles. The molecular formula is C23H37IN4O. The molecule has 1 aromatic rings. The Hall–Kier alpha value is -0.860. The summed E-state index contributed by atoms with van der Waals surface area (Å²) in [6, 6.07) is 9.04. The van der Waals surface area contributed by atoms with E-state index >= 15 is 0 Å². The summed E-state index contributed by atoms with van der Waals surface area (Å²) < 4.78 is 5.66. The van der Waals surface area contributed by atoms with Crippen molar-refractivity contribution in [3.05, 3.63) is 35.4 Å². The molecule has 0 radical (unpaired) electrons. The van der Waals surface area contributed by atoms with Crippen LogP contribution in [0.5, 0.6) is 0 Å². The van der Waals surface area contributed by atoms with Gasteiger partial charge in [0.1, 0.15) is 0 Å². The van der Waals surface area contributed by atoms with Crippen LogP contribution < -0.4 is 5.32 Å². The highest BCUT2D eigenvalue weighted by molar-refractivity contribution is 14.0. The minimum absolute atomic E-state index is 0. The Kier molecular flexibility index (Phi) is 8.22. The van der Waals surface area contributed by atoms with Crippen LogP contribution >= 0.6 is 24.0 Å². The van der Waals surface area contributed by atoms with E-state index in [9.17, 15) is 0 Å². The second kappa shape index (κ2) is 10.4. The molecule has 3 heterocycles. The number of guanidine groups is 1. The van der Waals surface area contributed by atoms with Crippen LogP contribution in [0.15, 0.2) is 29.3 Å². The van der Waals surface area contributed by atoms with Crippen molar-refractivity contribution < 1.29 is 4.74 Å². The van der Waals surface area contributed by atoms with Gasteiger partial charge in [0, 0.05) is 45.2 Å². The van der Waals surface area contributed by atoms with Gasteiger partial charge in [-0.05, 0) is 55.8 Å². The number of benzene rings is 1. The van der Waals surface area contributed by atoms with E-state index in [2.05, 4.69) is 51.3 Å². The Morgan fingerprint density at radius 2 is 2.00 bits per heavy atom. The van der Waals surface area contributed by atoms with Crippen LogP contribution in [0.25, 0.3) is 0 Å². The first-order valence-corrected chi connectivity index (χ1v) is 11.0. The fraction of sp³-hybridized carbons (Fsp3) is 0.696. The van der Waals surface area contributed by atoms with Crippen LogP contribution in [-0.4, -0.2) is 62.2 Å². The number of rotatable bonds is 4. The van der Waals surface area contributed by atoms with Gasteiger partial charge in [0.2, 0.25) is 0 Å².